The normalized spacial score (nSPS) is 14.4. The number of hydrogen-bond donors (Lipinski definition) is 0. The Balaban J connectivity index is 4.35. The molecule has 0 aliphatic rings. The van der Waals surface area contributed by atoms with Crippen molar-refractivity contribution in [2.75, 3.05) is 14.2 Å². The average Bonchev–Trinajstić information content (AvgIpc) is 2.06. The van der Waals surface area contributed by atoms with Gasteiger partial charge in [0.15, 0.2) is 5.41 Å². The number of ether oxygens (including phenoxy) is 2. The van der Waals surface area contributed by atoms with Crippen LogP contribution in [0.1, 0.15) is 13.3 Å². The van der Waals surface area contributed by atoms with E-state index in [1.165, 1.54) is 0 Å². The van der Waals surface area contributed by atoms with E-state index in [2.05, 4.69) is 6.07 Å². The third kappa shape index (κ3) is 2.29. The Morgan fingerprint density at radius 3 is 2.09 bits per heavy atom. The first-order valence-corrected chi connectivity index (χ1v) is 4.64. The predicted molar refractivity (Wildman–Crippen MR) is 46.1 cm³/mol. The molecule has 0 amide bonds. The lowest BCUT2D eigenvalue weighted by Gasteiger charge is -2.30. The summed E-state index contributed by atoms with van der Waals surface area (Å²) in [7, 11) is 3.86. The maximum atomic E-state index is 8.74. The van der Waals surface area contributed by atoms with Crippen LogP contribution >= 0.6 is 0 Å². The molecule has 64 valence electrons. The van der Waals surface area contributed by atoms with E-state index in [4.69, 9.17) is 14.7 Å². The summed E-state index contributed by atoms with van der Waals surface area (Å²) >= 11 is 0. The molecule has 0 radical (unpaired) electrons. The Hall–Kier alpha value is -0.373. The molecule has 4 heteroatoms. The van der Waals surface area contributed by atoms with Crippen molar-refractivity contribution in [3.63, 3.8) is 0 Å². The first-order valence-electron chi connectivity index (χ1n) is 3.64. The quantitative estimate of drug-likeness (QED) is 0.438. The standard InChI is InChI=1S/C7H15NO2Si/c1-4-6(5-8)7(11,9-2)10-3/h6H,4H2,1-3,11H3. The highest BCUT2D eigenvalue weighted by Crippen LogP contribution is 2.20. The molecule has 3 nitrogen and oxygen atoms in total. The van der Waals surface area contributed by atoms with Crippen molar-refractivity contribution in [1.82, 2.24) is 0 Å². The molecular weight excluding hydrogens is 158 g/mol. The van der Waals surface area contributed by atoms with Gasteiger partial charge < -0.3 is 9.47 Å². The Kier molecular flexibility index (Phi) is 4.34. The van der Waals surface area contributed by atoms with Gasteiger partial charge in [-0.05, 0) is 6.42 Å². The van der Waals surface area contributed by atoms with Crippen LogP contribution in [0.2, 0.25) is 0 Å². The first-order chi connectivity index (χ1) is 5.14. The van der Waals surface area contributed by atoms with Gasteiger partial charge in [-0.15, -0.1) is 0 Å². The first kappa shape index (κ1) is 10.6. The van der Waals surface area contributed by atoms with E-state index in [0.29, 0.717) is 10.2 Å². The van der Waals surface area contributed by atoms with Gasteiger partial charge in [0.1, 0.15) is 0 Å². The molecule has 0 bridgehead atoms. The van der Waals surface area contributed by atoms with E-state index in [1.807, 2.05) is 6.92 Å². The maximum absolute atomic E-state index is 8.74. The summed E-state index contributed by atoms with van der Waals surface area (Å²) in [4.78, 5) is 0. The SMILES string of the molecule is CCC(C#N)C([SiH3])(OC)OC. The van der Waals surface area contributed by atoms with Crippen LogP contribution in [0.5, 0.6) is 0 Å². The lowest BCUT2D eigenvalue weighted by molar-refractivity contribution is -0.164. The molecule has 0 saturated carbocycles. The zero-order valence-electron chi connectivity index (χ0n) is 7.55. The molecule has 11 heavy (non-hydrogen) atoms. The summed E-state index contributed by atoms with van der Waals surface area (Å²) in [5.74, 6) is -0.149. The van der Waals surface area contributed by atoms with Gasteiger partial charge in [-0.1, -0.05) is 6.92 Å². The largest absolute Gasteiger partial charge is 0.357 e. The van der Waals surface area contributed by atoms with Gasteiger partial charge in [-0.25, -0.2) is 0 Å². The highest BCUT2D eigenvalue weighted by Gasteiger charge is 2.32. The summed E-state index contributed by atoms with van der Waals surface area (Å²) in [6.45, 7) is 1.96. The molecule has 0 rings (SSSR count). The van der Waals surface area contributed by atoms with Gasteiger partial charge in [0.2, 0.25) is 0 Å². The molecule has 0 aliphatic carbocycles. The molecule has 1 unspecified atom stereocenters. The molecule has 0 aromatic rings. The van der Waals surface area contributed by atoms with Crippen LogP contribution in [0.4, 0.5) is 0 Å². The van der Waals surface area contributed by atoms with Gasteiger partial charge in [0.05, 0.1) is 22.2 Å². The van der Waals surface area contributed by atoms with Gasteiger partial charge in [-0.2, -0.15) is 5.26 Å². The Morgan fingerprint density at radius 2 is 2.00 bits per heavy atom. The molecule has 0 aromatic carbocycles. The van der Waals surface area contributed by atoms with Crippen LogP contribution in [0, 0.1) is 17.2 Å². The number of nitrogens with zero attached hydrogens (tertiary/aromatic N) is 1. The molecule has 0 aliphatic heterocycles. The molecular formula is C7H15NO2Si. The Labute approximate surface area is 70.7 Å². The molecule has 0 heterocycles. The number of rotatable bonds is 4. The van der Waals surface area contributed by atoms with E-state index in [9.17, 15) is 0 Å². The molecule has 0 saturated heterocycles. The summed E-state index contributed by atoms with van der Waals surface area (Å²) in [5.41, 5.74) is -0.622. The van der Waals surface area contributed by atoms with Gasteiger partial charge >= 0.3 is 0 Å². The topological polar surface area (TPSA) is 42.2 Å². The number of hydrogen-bond acceptors (Lipinski definition) is 3. The van der Waals surface area contributed by atoms with Crippen molar-refractivity contribution >= 4 is 10.2 Å². The van der Waals surface area contributed by atoms with Crippen LogP contribution < -0.4 is 0 Å². The molecule has 0 N–H and O–H groups in total. The predicted octanol–water partition coefficient (Wildman–Crippen LogP) is -0.152. The van der Waals surface area contributed by atoms with Crippen LogP contribution in [0.3, 0.4) is 0 Å². The van der Waals surface area contributed by atoms with E-state index < -0.39 is 5.41 Å². The third-order valence-corrected chi connectivity index (χ3v) is 3.52. The monoisotopic (exact) mass is 173 g/mol. The van der Waals surface area contributed by atoms with Crippen molar-refractivity contribution < 1.29 is 9.47 Å². The fraction of sp³-hybridized carbons (Fsp3) is 0.857. The van der Waals surface area contributed by atoms with E-state index in [-0.39, 0.29) is 5.92 Å². The fourth-order valence-corrected chi connectivity index (χ4v) is 1.48. The van der Waals surface area contributed by atoms with Crippen molar-refractivity contribution in [1.29, 1.82) is 5.26 Å². The summed E-state index contributed by atoms with van der Waals surface area (Å²) < 4.78 is 10.3. The van der Waals surface area contributed by atoms with Crippen LogP contribution in [-0.4, -0.2) is 29.9 Å². The van der Waals surface area contributed by atoms with Gasteiger partial charge in [-0.3, -0.25) is 0 Å². The summed E-state index contributed by atoms with van der Waals surface area (Å²) in [5, 5.41) is 8.74. The smallest absolute Gasteiger partial charge is 0.156 e. The van der Waals surface area contributed by atoms with E-state index >= 15 is 0 Å². The second kappa shape index (κ2) is 4.49. The minimum Gasteiger partial charge on any atom is -0.357 e. The highest BCUT2D eigenvalue weighted by atomic mass is 28.1. The molecule has 0 spiro atoms. The third-order valence-electron chi connectivity index (χ3n) is 2.01. The zero-order chi connectivity index (χ0) is 8.91. The Morgan fingerprint density at radius 1 is 1.55 bits per heavy atom. The lowest BCUT2D eigenvalue weighted by atomic mass is 10.1. The lowest BCUT2D eigenvalue weighted by Crippen LogP contribution is -2.41. The molecule has 1 atom stereocenters. The van der Waals surface area contributed by atoms with Crippen molar-refractivity contribution in [2.45, 2.75) is 18.8 Å². The highest BCUT2D eigenvalue weighted by molar-refractivity contribution is 6.13. The van der Waals surface area contributed by atoms with Crippen molar-refractivity contribution in [3.05, 3.63) is 0 Å². The van der Waals surface area contributed by atoms with Crippen LogP contribution in [-0.2, 0) is 9.47 Å². The van der Waals surface area contributed by atoms with Crippen LogP contribution in [0.15, 0.2) is 0 Å². The second-order valence-corrected chi connectivity index (χ2v) is 3.91. The van der Waals surface area contributed by atoms with Crippen molar-refractivity contribution in [2.24, 2.45) is 5.92 Å². The summed E-state index contributed by atoms with van der Waals surface area (Å²) in [6, 6.07) is 2.18. The average molecular weight is 173 g/mol. The molecule has 0 aromatic heterocycles. The van der Waals surface area contributed by atoms with E-state index in [0.717, 1.165) is 6.42 Å². The minimum atomic E-state index is -0.622. The van der Waals surface area contributed by atoms with E-state index in [1.54, 1.807) is 14.2 Å². The van der Waals surface area contributed by atoms with Gasteiger partial charge in [0, 0.05) is 14.2 Å². The van der Waals surface area contributed by atoms with Gasteiger partial charge in [0.25, 0.3) is 0 Å². The number of nitriles is 1. The van der Waals surface area contributed by atoms with Crippen LogP contribution in [0.25, 0.3) is 0 Å². The van der Waals surface area contributed by atoms with Crippen molar-refractivity contribution in [3.8, 4) is 6.07 Å². The number of methoxy groups -OCH3 is 2. The second-order valence-electron chi connectivity index (χ2n) is 2.51. The minimum absolute atomic E-state index is 0.149. The zero-order valence-corrected chi connectivity index (χ0v) is 9.55. The summed E-state index contributed by atoms with van der Waals surface area (Å²) in [6.07, 6.45) is 0.766. The molecule has 0 fully saturated rings. The fourth-order valence-electron chi connectivity index (χ4n) is 0.947. The Bertz CT molecular complexity index is 151. The maximum Gasteiger partial charge on any atom is 0.156 e.